The Balaban J connectivity index is 1.59. The minimum atomic E-state index is 0.498. The number of thiazole rings is 1. The molecule has 0 aliphatic rings. The number of aromatic nitrogens is 1. The normalized spacial score (nSPS) is 10.3. The van der Waals surface area contributed by atoms with Gasteiger partial charge in [-0.3, -0.25) is 10.9 Å². The van der Waals surface area contributed by atoms with Crippen LogP contribution in [0.5, 0.6) is 0 Å². The minimum absolute atomic E-state index is 0.498. The van der Waals surface area contributed by atoms with Gasteiger partial charge in [0, 0.05) is 5.69 Å². The number of benzene rings is 2. The van der Waals surface area contributed by atoms with Gasteiger partial charge in [-0.1, -0.05) is 41.2 Å². The number of hydrogen-bond donors (Lipinski definition) is 3. The topological polar surface area (TPSA) is 49.0 Å². The van der Waals surface area contributed by atoms with Crippen LogP contribution in [0.1, 0.15) is 5.56 Å². The molecule has 0 saturated carbocycles. The standard InChI is InChI=1S/C15H14N4S2/c1-10-6-8-11(9-7-10)16-14(20)18-19-15-17-12-4-2-3-5-13(12)21-15/h2-9H,1H3,(H,17,19)(H2,16,18,20). The maximum Gasteiger partial charge on any atom is 0.202 e. The number of thiocarbonyl (C=S) groups is 1. The molecule has 0 radical (unpaired) electrons. The van der Waals surface area contributed by atoms with Gasteiger partial charge in [0.15, 0.2) is 5.11 Å². The molecule has 21 heavy (non-hydrogen) atoms. The van der Waals surface area contributed by atoms with Crippen LogP contribution < -0.4 is 16.2 Å². The first-order chi connectivity index (χ1) is 10.2. The van der Waals surface area contributed by atoms with Gasteiger partial charge >= 0.3 is 0 Å². The lowest BCUT2D eigenvalue weighted by Gasteiger charge is -2.10. The van der Waals surface area contributed by atoms with Crippen molar-refractivity contribution in [3.8, 4) is 0 Å². The van der Waals surface area contributed by atoms with Gasteiger partial charge in [0.1, 0.15) is 0 Å². The molecule has 0 aliphatic heterocycles. The highest BCUT2D eigenvalue weighted by atomic mass is 32.1. The van der Waals surface area contributed by atoms with Crippen LogP contribution in [0.25, 0.3) is 10.2 Å². The number of hydrazine groups is 1. The summed E-state index contributed by atoms with van der Waals surface area (Å²) >= 11 is 6.82. The lowest BCUT2D eigenvalue weighted by molar-refractivity contribution is 1.13. The van der Waals surface area contributed by atoms with Crippen LogP contribution in [-0.2, 0) is 0 Å². The molecule has 3 rings (SSSR count). The van der Waals surface area contributed by atoms with Crippen molar-refractivity contribution in [1.29, 1.82) is 0 Å². The van der Waals surface area contributed by atoms with Crippen LogP contribution in [0.15, 0.2) is 48.5 Å². The fraction of sp³-hybridized carbons (Fsp3) is 0.0667. The molecular weight excluding hydrogens is 300 g/mol. The van der Waals surface area contributed by atoms with Crippen molar-refractivity contribution in [2.24, 2.45) is 0 Å². The van der Waals surface area contributed by atoms with E-state index in [1.54, 1.807) is 11.3 Å². The zero-order valence-corrected chi connectivity index (χ0v) is 13.0. The molecular formula is C15H14N4S2. The highest BCUT2D eigenvalue weighted by molar-refractivity contribution is 7.80. The van der Waals surface area contributed by atoms with Crippen molar-refractivity contribution in [1.82, 2.24) is 10.4 Å². The van der Waals surface area contributed by atoms with Gasteiger partial charge in [0.2, 0.25) is 5.13 Å². The van der Waals surface area contributed by atoms with Gasteiger partial charge in [-0.15, -0.1) is 0 Å². The maximum atomic E-state index is 5.24. The van der Waals surface area contributed by atoms with E-state index in [0.29, 0.717) is 5.11 Å². The Morgan fingerprint density at radius 2 is 1.86 bits per heavy atom. The number of hydrogen-bond acceptors (Lipinski definition) is 4. The number of rotatable bonds is 3. The second kappa shape index (κ2) is 6.07. The fourth-order valence-corrected chi connectivity index (χ4v) is 2.82. The van der Waals surface area contributed by atoms with E-state index < -0.39 is 0 Å². The van der Waals surface area contributed by atoms with E-state index in [1.807, 2.05) is 48.5 Å². The minimum Gasteiger partial charge on any atom is -0.331 e. The number of nitrogens with one attached hydrogen (secondary N) is 3. The number of aryl methyl sites for hydroxylation is 1. The van der Waals surface area contributed by atoms with E-state index in [4.69, 9.17) is 12.2 Å². The third-order valence-corrected chi connectivity index (χ3v) is 4.04. The molecule has 0 bridgehead atoms. The highest BCUT2D eigenvalue weighted by Gasteiger charge is 2.03. The molecule has 106 valence electrons. The molecule has 0 unspecified atom stereocenters. The second-order valence-electron chi connectivity index (χ2n) is 4.56. The van der Waals surface area contributed by atoms with Crippen molar-refractivity contribution in [3.63, 3.8) is 0 Å². The Morgan fingerprint density at radius 3 is 2.62 bits per heavy atom. The van der Waals surface area contributed by atoms with Crippen molar-refractivity contribution in [3.05, 3.63) is 54.1 Å². The molecule has 4 nitrogen and oxygen atoms in total. The smallest absolute Gasteiger partial charge is 0.202 e. The first-order valence-electron chi connectivity index (χ1n) is 6.46. The maximum absolute atomic E-state index is 5.24. The largest absolute Gasteiger partial charge is 0.331 e. The van der Waals surface area contributed by atoms with Crippen molar-refractivity contribution < 1.29 is 0 Å². The molecule has 3 aromatic rings. The molecule has 0 amide bonds. The van der Waals surface area contributed by atoms with E-state index in [0.717, 1.165) is 21.0 Å². The van der Waals surface area contributed by atoms with Crippen LogP contribution in [-0.4, -0.2) is 10.1 Å². The summed E-state index contributed by atoms with van der Waals surface area (Å²) in [6, 6.07) is 16.0. The van der Waals surface area contributed by atoms with Gasteiger partial charge in [-0.05, 0) is 43.4 Å². The zero-order valence-electron chi connectivity index (χ0n) is 11.4. The van der Waals surface area contributed by atoms with E-state index in [2.05, 4.69) is 28.1 Å². The molecule has 0 fully saturated rings. The number of nitrogens with zero attached hydrogens (tertiary/aromatic N) is 1. The fourth-order valence-electron chi connectivity index (χ4n) is 1.84. The van der Waals surface area contributed by atoms with Crippen LogP contribution in [0.3, 0.4) is 0 Å². The molecule has 6 heteroatoms. The number of fused-ring (bicyclic) bond motifs is 1. The van der Waals surface area contributed by atoms with E-state index in [9.17, 15) is 0 Å². The van der Waals surface area contributed by atoms with Crippen LogP contribution >= 0.6 is 23.6 Å². The molecule has 1 aromatic heterocycles. The van der Waals surface area contributed by atoms with E-state index in [-0.39, 0.29) is 0 Å². The average Bonchev–Trinajstić information content (AvgIpc) is 2.90. The first kappa shape index (κ1) is 13.8. The summed E-state index contributed by atoms with van der Waals surface area (Å²) < 4.78 is 1.14. The number of para-hydroxylation sites is 1. The van der Waals surface area contributed by atoms with Crippen LogP contribution in [0.2, 0.25) is 0 Å². The highest BCUT2D eigenvalue weighted by Crippen LogP contribution is 2.24. The van der Waals surface area contributed by atoms with Crippen LogP contribution in [0.4, 0.5) is 10.8 Å². The molecule has 2 aromatic carbocycles. The summed E-state index contributed by atoms with van der Waals surface area (Å²) in [6.07, 6.45) is 0. The van der Waals surface area contributed by atoms with Crippen molar-refractivity contribution >= 4 is 49.7 Å². The Hall–Kier alpha value is -2.18. The summed E-state index contributed by atoms with van der Waals surface area (Å²) in [5, 5.41) is 4.39. The predicted molar refractivity (Wildman–Crippen MR) is 93.8 cm³/mol. The SMILES string of the molecule is Cc1ccc(NC(=S)NNc2nc3ccccc3s2)cc1. The lowest BCUT2D eigenvalue weighted by Crippen LogP contribution is -2.33. The quantitative estimate of drug-likeness (QED) is 0.505. The molecule has 0 atom stereocenters. The second-order valence-corrected chi connectivity index (χ2v) is 6.00. The van der Waals surface area contributed by atoms with E-state index >= 15 is 0 Å². The molecule has 0 spiro atoms. The molecule has 0 aliphatic carbocycles. The zero-order chi connectivity index (χ0) is 14.7. The summed E-state index contributed by atoms with van der Waals surface area (Å²) in [5.74, 6) is 0. The summed E-state index contributed by atoms with van der Waals surface area (Å²) in [4.78, 5) is 4.46. The lowest BCUT2D eigenvalue weighted by atomic mass is 10.2. The summed E-state index contributed by atoms with van der Waals surface area (Å²) in [6.45, 7) is 2.05. The molecule has 1 heterocycles. The molecule has 3 N–H and O–H groups in total. The Kier molecular flexibility index (Phi) is 3.98. The van der Waals surface area contributed by atoms with Gasteiger partial charge in [0.05, 0.1) is 10.2 Å². The first-order valence-corrected chi connectivity index (χ1v) is 7.68. The predicted octanol–water partition coefficient (Wildman–Crippen LogP) is 3.92. The van der Waals surface area contributed by atoms with Gasteiger partial charge < -0.3 is 5.32 Å². The van der Waals surface area contributed by atoms with Gasteiger partial charge in [0.25, 0.3) is 0 Å². The Labute approximate surface area is 132 Å². The third-order valence-electron chi connectivity index (χ3n) is 2.89. The monoisotopic (exact) mass is 314 g/mol. The summed E-state index contributed by atoms with van der Waals surface area (Å²) in [7, 11) is 0. The summed E-state index contributed by atoms with van der Waals surface area (Å²) in [5.41, 5.74) is 9.10. The van der Waals surface area contributed by atoms with Crippen LogP contribution in [0, 0.1) is 6.92 Å². The third kappa shape index (κ3) is 3.48. The Morgan fingerprint density at radius 1 is 1.10 bits per heavy atom. The van der Waals surface area contributed by atoms with Gasteiger partial charge in [-0.2, -0.15) is 0 Å². The van der Waals surface area contributed by atoms with Gasteiger partial charge in [-0.25, -0.2) is 4.98 Å². The Bertz CT molecular complexity index is 732. The van der Waals surface area contributed by atoms with Crippen molar-refractivity contribution in [2.75, 3.05) is 10.7 Å². The number of anilines is 2. The van der Waals surface area contributed by atoms with Crippen molar-refractivity contribution in [2.45, 2.75) is 6.92 Å². The molecule has 0 saturated heterocycles. The average molecular weight is 314 g/mol. The van der Waals surface area contributed by atoms with E-state index in [1.165, 1.54) is 5.56 Å².